The summed E-state index contributed by atoms with van der Waals surface area (Å²) in [5, 5.41) is 7.25. The number of benzene rings is 1. The Bertz CT molecular complexity index is 1050. The van der Waals surface area contributed by atoms with Gasteiger partial charge in [0.15, 0.2) is 16.8 Å². The van der Waals surface area contributed by atoms with Crippen LogP contribution in [-0.2, 0) is 6.42 Å². The van der Waals surface area contributed by atoms with Gasteiger partial charge >= 0.3 is 0 Å². The quantitative estimate of drug-likeness (QED) is 0.727. The Morgan fingerprint density at radius 3 is 2.81 bits per heavy atom. The van der Waals surface area contributed by atoms with Crippen molar-refractivity contribution in [1.29, 1.82) is 0 Å². The summed E-state index contributed by atoms with van der Waals surface area (Å²) < 4.78 is 29.1. The van der Waals surface area contributed by atoms with Crippen LogP contribution in [0.4, 0.5) is 13.9 Å². The van der Waals surface area contributed by atoms with E-state index in [9.17, 15) is 13.6 Å². The number of hydrogen-bond acceptors (Lipinski definition) is 4. The minimum absolute atomic E-state index is 0.231. The molecule has 1 unspecified atom stereocenters. The highest BCUT2D eigenvalue weighted by atomic mass is 32.1. The summed E-state index contributed by atoms with van der Waals surface area (Å²) in [6, 6.07) is 3.57. The van der Waals surface area contributed by atoms with Crippen molar-refractivity contribution in [3.63, 3.8) is 0 Å². The summed E-state index contributed by atoms with van der Waals surface area (Å²) in [7, 11) is 0. The van der Waals surface area contributed by atoms with Crippen molar-refractivity contribution in [2.24, 2.45) is 5.92 Å². The number of nitrogens with one attached hydrogen (secondary N) is 1. The highest BCUT2D eigenvalue weighted by Gasteiger charge is 2.21. The van der Waals surface area contributed by atoms with E-state index in [-0.39, 0.29) is 11.3 Å². The number of hydrogen-bond donors (Lipinski definition) is 1. The van der Waals surface area contributed by atoms with Crippen molar-refractivity contribution in [1.82, 2.24) is 14.8 Å². The number of anilines is 1. The summed E-state index contributed by atoms with van der Waals surface area (Å²) in [5.74, 6) is -1.50. The number of fused-ring (bicyclic) bond motifs is 1. The lowest BCUT2D eigenvalue weighted by molar-refractivity contribution is 0.102. The van der Waals surface area contributed by atoms with E-state index in [1.807, 2.05) is 6.08 Å². The first-order chi connectivity index (χ1) is 12.9. The molecule has 1 amide bonds. The van der Waals surface area contributed by atoms with E-state index in [2.05, 4.69) is 28.4 Å². The molecule has 1 aromatic carbocycles. The molecular weight excluding hydrogens is 370 g/mol. The molecule has 2 heterocycles. The molecule has 5 nitrogen and oxygen atoms in total. The number of amides is 1. The van der Waals surface area contributed by atoms with Gasteiger partial charge in [-0.2, -0.15) is 5.10 Å². The molecule has 0 spiro atoms. The molecule has 2 aromatic heterocycles. The van der Waals surface area contributed by atoms with E-state index >= 15 is 0 Å². The molecule has 0 fully saturated rings. The zero-order valence-electron chi connectivity index (χ0n) is 14.7. The molecule has 1 N–H and O–H groups in total. The van der Waals surface area contributed by atoms with Crippen LogP contribution < -0.4 is 5.32 Å². The molecule has 1 aliphatic rings. The minimum Gasteiger partial charge on any atom is -0.298 e. The van der Waals surface area contributed by atoms with Crippen LogP contribution in [0, 0.1) is 24.5 Å². The van der Waals surface area contributed by atoms with Gasteiger partial charge in [-0.25, -0.2) is 18.4 Å². The maximum Gasteiger partial charge on any atom is 0.260 e. The van der Waals surface area contributed by atoms with E-state index in [1.54, 1.807) is 6.92 Å². The first-order valence-electron chi connectivity index (χ1n) is 8.42. The second kappa shape index (κ2) is 6.70. The topological polar surface area (TPSA) is 59.8 Å². The fourth-order valence-corrected chi connectivity index (χ4v) is 3.93. The zero-order chi connectivity index (χ0) is 19.1. The molecule has 0 bridgehead atoms. The Labute approximate surface area is 158 Å². The highest BCUT2D eigenvalue weighted by molar-refractivity contribution is 7.16. The number of carbonyl (C=O) groups excluding carboxylic acids is 1. The first-order valence-corrected chi connectivity index (χ1v) is 9.24. The van der Waals surface area contributed by atoms with Gasteiger partial charge in [0.2, 0.25) is 0 Å². The SMILES string of the molecule is Cc1c(C(=O)Nc2nc3c(s2)C=CC(C)C3)cnn1-c1c(F)cccc1F. The summed E-state index contributed by atoms with van der Waals surface area (Å²) in [6.45, 7) is 3.70. The van der Waals surface area contributed by atoms with Gasteiger partial charge in [-0.15, -0.1) is 0 Å². The summed E-state index contributed by atoms with van der Waals surface area (Å²) >= 11 is 1.40. The standard InChI is InChI=1S/C19H16F2N4OS/c1-10-6-7-16-15(8-10)23-19(27-16)24-18(26)12-9-22-25(11(12)2)17-13(20)4-3-5-14(17)21/h3-7,9-10H,8H2,1-2H3,(H,23,24,26). The molecule has 8 heteroatoms. The van der Waals surface area contributed by atoms with Crippen molar-refractivity contribution in [3.8, 4) is 5.69 Å². The highest BCUT2D eigenvalue weighted by Crippen LogP contribution is 2.31. The van der Waals surface area contributed by atoms with Gasteiger partial charge in [0, 0.05) is 0 Å². The van der Waals surface area contributed by atoms with E-state index in [0.29, 0.717) is 16.7 Å². The molecule has 0 radical (unpaired) electrons. The third-order valence-corrected chi connectivity index (χ3v) is 5.42. The maximum absolute atomic E-state index is 14.0. The number of aromatic nitrogens is 3. The monoisotopic (exact) mass is 386 g/mol. The Balaban J connectivity index is 1.61. The number of rotatable bonds is 3. The number of halogens is 2. The number of para-hydroxylation sites is 1. The van der Waals surface area contributed by atoms with Crippen molar-refractivity contribution in [3.05, 3.63) is 63.9 Å². The molecule has 4 rings (SSSR count). The molecule has 1 aliphatic carbocycles. The van der Waals surface area contributed by atoms with Gasteiger partial charge in [-0.3, -0.25) is 10.1 Å². The summed E-state index contributed by atoms with van der Waals surface area (Å²) in [5.41, 5.74) is 1.23. The summed E-state index contributed by atoms with van der Waals surface area (Å²) in [6.07, 6.45) is 6.26. The Morgan fingerprint density at radius 2 is 2.07 bits per heavy atom. The van der Waals surface area contributed by atoms with E-state index in [1.165, 1.54) is 23.6 Å². The van der Waals surface area contributed by atoms with E-state index in [4.69, 9.17) is 0 Å². The number of allylic oxidation sites excluding steroid dienone is 1. The molecule has 0 aliphatic heterocycles. The third kappa shape index (κ3) is 3.16. The predicted molar refractivity (Wildman–Crippen MR) is 100 cm³/mol. The van der Waals surface area contributed by atoms with Crippen LogP contribution in [0.3, 0.4) is 0 Å². The maximum atomic E-state index is 14.0. The molecule has 0 saturated carbocycles. The van der Waals surface area contributed by atoms with E-state index in [0.717, 1.165) is 33.8 Å². The predicted octanol–water partition coefficient (Wildman–Crippen LogP) is 4.37. The number of thiazole rings is 1. The van der Waals surface area contributed by atoms with Crippen LogP contribution in [0.2, 0.25) is 0 Å². The van der Waals surface area contributed by atoms with Gasteiger partial charge in [-0.1, -0.05) is 30.4 Å². The van der Waals surface area contributed by atoms with Crippen molar-refractivity contribution in [2.45, 2.75) is 20.3 Å². The van der Waals surface area contributed by atoms with Gasteiger partial charge in [0.25, 0.3) is 5.91 Å². The Hall–Kier alpha value is -2.87. The van der Waals surface area contributed by atoms with E-state index < -0.39 is 17.5 Å². The molecular formula is C19H16F2N4OS. The number of nitrogens with zero attached hydrogens (tertiary/aromatic N) is 3. The minimum atomic E-state index is -0.748. The Morgan fingerprint density at radius 1 is 1.33 bits per heavy atom. The molecule has 138 valence electrons. The van der Waals surface area contributed by atoms with Gasteiger partial charge in [0.05, 0.1) is 28.0 Å². The lowest BCUT2D eigenvalue weighted by atomic mass is 10.00. The Kier molecular flexibility index (Phi) is 4.35. The second-order valence-electron chi connectivity index (χ2n) is 6.45. The normalized spacial score (nSPS) is 15.6. The lowest BCUT2D eigenvalue weighted by Gasteiger charge is -2.08. The fourth-order valence-electron chi connectivity index (χ4n) is 3.03. The van der Waals surface area contributed by atoms with Crippen LogP contribution >= 0.6 is 11.3 Å². The zero-order valence-corrected chi connectivity index (χ0v) is 15.5. The van der Waals surface area contributed by atoms with Crippen LogP contribution in [0.15, 0.2) is 30.5 Å². The van der Waals surface area contributed by atoms with Crippen molar-refractivity contribution >= 4 is 28.5 Å². The number of carbonyl (C=O) groups is 1. The molecule has 3 aromatic rings. The molecule has 0 saturated heterocycles. The third-order valence-electron chi connectivity index (χ3n) is 4.44. The van der Waals surface area contributed by atoms with Gasteiger partial charge in [-0.05, 0) is 37.5 Å². The van der Waals surface area contributed by atoms with Crippen LogP contribution in [-0.4, -0.2) is 20.7 Å². The van der Waals surface area contributed by atoms with Crippen LogP contribution in [0.1, 0.15) is 33.5 Å². The average Bonchev–Trinajstić information content (AvgIpc) is 3.18. The van der Waals surface area contributed by atoms with Crippen LogP contribution in [0.25, 0.3) is 11.8 Å². The second-order valence-corrected chi connectivity index (χ2v) is 7.48. The lowest BCUT2D eigenvalue weighted by Crippen LogP contribution is -2.13. The van der Waals surface area contributed by atoms with Gasteiger partial charge in [0.1, 0.15) is 5.69 Å². The smallest absolute Gasteiger partial charge is 0.260 e. The van der Waals surface area contributed by atoms with Crippen LogP contribution in [0.5, 0.6) is 0 Å². The van der Waals surface area contributed by atoms with Crippen molar-refractivity contribution < 1.29 is 13.6 Å². The largest absolute Gasteiger partial charge is 0.298 e. The first kappa shape index (κ1) is 17.5. The van der Waals surface area contributed by atoms with Crippen molar-refractivity contribution in [2.75, 3.05) is 5.32 Å². The fraction of sp³-hybridized carbons (Fsp3) is 0.211. The molecule has 1 atom stereocenters. The van der Waals surface area contributed by atoms with Gasteiger partial charge < -0.3 is 0 Å². The summed E-state index contributed by atoms with van der Waals surface area (Å²) in [4.78, 5) is 18.1. The average molecular weight is 386 g/mol. The molecule has 27 heavy (non-hydrogen) atoms.